The van der Waals surface area contributed by atoms with Gasteiger partial charge in [0, 0.05) is 12.3 Å². The number of amides is 2. The maximum Gasteiger partial charge on any atom is 0.338 e. The molecule has 2 aromatic rings. The zero-order valence-electron chi connectivity index (χ0n) is 18.0. The fourth-order valence-electron chi connectivity index (χ4n) is 3.57. The van der Waals surface area contributed by atoms with E-state index in [1.165, 1.54) is 18.2 Å². The summed E-state index contributed by atoms with van der Waals surface area (Å²) in [5.74, 6) is -1.69. The molecule has 1 aliphatic rings. The number of para-hydroxylation sites is 1. The molecule has 170 valence electrons. The van der Waals surface area contributed by atoms with E-state index in [0.29, 0.717) is 16.8 Å². The van der Waals surface area contributed by atoms with Crippen LogP contribution in [0.3, 0.4) is 0 Å². The topological polar surface area (TPSA) is 119 Å². The van der Waals surface area contributed by atoms with Gasteiger partial charge in [0.1, 0.15) is 0 Å². The summed E-state index contributed by atoms with van der Waals surface area (Å²) in [5, 5.41) is 5.58. The molecule has 1 fully saturated rings. The van der Waals surface area contributed by atoms with Crippen molar-refractivity contribution in [2.75, 3.05) is 18.2 Å². The van der Waals surface area contributed by atoms with Gasteiger partial charge in [0.25, 0.3) is 11.8 Å². The van der Waals surface area contributed by atoms with Gasteiger partial charge in [-0.15, -0.1) is 0 Å². The van der Waals surface area contributed by atoms with E-state index in [0.717, 1.165) is 31.9 Å². The molecule has 0 heterocycles. The Labute approximate surface area is 187 Å². The summed E-state index contributed by atoms with van der Waals surface area (Å²) in [5.41, 5.74) is 1.24. The fraction of sp³-hybridized carbons (Fsp3) is 0.348. The molecule has 1 saturated carbocycles. The highest BCUT2D eigenvalue weighted by Gasteiger charge is 2.21. The standard InChI is InChI=1S/C23H26N2O6S/c1-15-11-12-17(32(2,29)30)13-19(15)23(28)31-14-21(26)25-20-10-6-5-9-18(20)22(27)24-16-7-3-4-8-16/h5-6,9-13,16H,3-4,7-8,14H2,1-2H3,(H,24,27)(H,25,26). The van der Waals surface area contributed by atoms with Crippen LogP contribution >= 0.6 is 0 Å². The SMILES string of the molecule is Cc1ccc(S(C)(=O)=O)cc1C(=O)OCC(=O)Nc1ccccc1C(=O)NC1CCCC1. The Morgan fingerprint density at radius 2 is 1.72 bits per heavy atom. The first-order valence-electron chi connectivity index (χ1n) is 10.3. The van der Waals surface area contributed by atoms with Crippen LogP contribution in [0.15, 0.2) is 47.4 Å². The molecule has 8 nitrogen and oxygen atoms in total. The second kappa shape index (κ2) is 9.95. The lowest BCUT2D eigenvalue weighted by atomic mass is 10.1. The lowest BCUT2D eigenvalue weighted by Gasteiger charge is -2.15. The van der Waals surface area contributed by atoms with E-state index < -0.39 is 28.3 Å². The number of carbonyl (C=O) groups excluding carboxylic acids is 3. The molecule has 0 aromatic heterocycles. The predicted octanol–water partition coefficient (Wildman–Crippen LogP) is 2.87. The van der Waals surface area contributed by atoms with E-state index in [1.807, 2.05) is 0 Å². The Bertz CT molecular complexity index is 1140. The van der Waals surface area contributed by atoms with Gasteiger partial charge in [-0.1, -0.05) is 31.0 Å². The molecular weight excluding hydrogens is 432 g/mol. The molecule has 1 aliphatic carbocycles. The molecule has 32 heavy (non-hydrogen) atoms. The van der Waals surface area contributed by atoms with Crippen LogP contribution in [0.5, 0.6) is 0 Å². The highest BCUT2D eigenvalue weighted by Crippen LogP contribution is 2.21. The maximum absolute atomic E-state index is 12.6. The smallest absolute Gasteiger partial charge is 0.338 e. The van der Waals surface area contributed by atoms with Crippen molar-refractivity contribution in [2.24, 2.45) is 0 Å². The van der Waals surface area contributed by atoms with Gasteiger partial charge in [-0.3, -0.25) is 9.59 Å². The van der Waals surface area contributed by atoms with Gasteiger partial charge in [0.15, 0.2) is 16.4 Å². The number of ether oxygens (including phenoxy) is 1. The average molecular weight is 459 g/mol. The Morgan fingerprint density at radius 3 is 2.41 bits per heavy atom. The highest BCUT2D eigenvalue weighted by molar-refractivity contribution is 7.90. The first kappa shape index (κ1) is 23.5. The van der Waals surface area contributed by atoms with Crippen LogP contribution in [-0.4, -0.2) is 45.1 Å². The summed E-state index contributed by atoms with van der Waals surface area (Å²) in [7, 11) is -3.49. The molecule has 9 heteroatoms. The molecule has 0 spiro atoms. The summed E-state index contributed by atoms with van der Waals surface area (Å²) < 4.78 is 28.5. The summed E-state index contributed by atoms with van der Waals surface area (Å²) in [6, 6.07) is 10.9. The number of sulfone groups is 1. The second-order valence-electron chi connectivity index (χ2n) is 7.87. The first-order chi connectivity index (χ1) is 15.1. The van der Waals surface area contributed by atoms with Gasteiger partial charge in [0.2, 0.25) is 0 Å². The lowest BCUT2D eigenvalue weighted by molar-refractivity contribution is -0.119. The minimum Gasteiger partial charge on any atom is -0.452 e. The molecule has 0 radical (unpaired) electrons. The third kappa shape index (κ3) is 5.94. The molecule has 3 rings (SSSR count). The Morgan fingerprint density at radius 1 is 1.03 bits per heavy atom. The monoisotopic (exact) mass is 458 g/mol. The number of benzene rings is 2. The summed E-state index contributed by atoms with van der Waals surface area (Å²) in [6.45, 7) is 1.06. The minimum atomic E-state index is -3.49. The highest BCUT2D eigenvalue weighted by atomic mass is 32.2. The number of anilines is 1. The number of hydrogen-bond acceptors (Lipinski definition) is 6. The molecule has 0 bridgehead atoms. The molecule has 0 saturated heterocycles. The van der Waals surface area contributed by atoms with E-state index in [1.54, 1.807) is 31.2 Å². The lowest BCUT2D eigenvalue weighted by Crippen LogP contribution is -2.33. The van der Waals surface area contributed by atoms with Crippen molar-refractivity contribution < 1.29 is 27.5 Å². The molecule has 0 unspecified atom stereocenters. The average Bonchev–Trinajstić information content (AvgIpc) is 3.25. The van der Waals surface area contributed by atoms with Crippen molar-refractivity contribution in [1.82, 2.24) is 5.32 Å². The second-order valence-corrected chi connectivity index (χ2v) is 9.89. The van der Waals surface area contributed by atoms with Gasteiger partial charge in [0.05, 0.1) is 21.7 Å². The van der Waals surface area contributed by atoms with E-state index in [-0.39, 0.29) is 22.4 Å². The van der Waals surface area contributed by atoms with Crippen molar-refractivity contribution in [3.8, 4) is 0 Å². The number of carbonyl (C=O) groups is 3. The summed E-state index contributed by atoms with van der Waals surface area (Å²) in [4.78, 5) is 37.4. The minimum absolute atomic E-state index is 0.0123. The first-order valence-corrected chi connectivity index (χ1v) is 12.2. The third-order valence-electron chi connectivity index (χ3n) is 5.33. The van der Waals surface area contributed by atoms with Crippen molar-refractivity contribution >= 4 is 33.3 Å². The Hall–Kier alpha value is -3.20. The van der Waals surface area contributed by atoms with Gasteiger partial charge >= 0.3 is 5.97 Å². The quantitative estimate of drug-likeness (QED) is 0.616. The van der Waals surface area contributed by atoms with Crippen molar-refractivity contribution in [1.29, 1.82) is 0 Å². The van der Waals surface area contributed by atoms with Crippen molar-refractivity contribution in [3.63, 3.8) is 0 Å². The number of aryl methyl sites for hydroxylation is 1. The van der Waals surface area contributed by atoms with Gasteiger partial charge < -0.3 is 15.4 Å². The Balaban J connectivity index is 1.63. The van der Waals surface area contributed by atoms with E-state index in [4.69, 9.17) is 4.74 Å². The molecule has 2 N–H and O–H groups in total. The maximum atomic E-state index is 12.6. The van der Waals surface area contributed by atoms with Gasteiger partial charge in [-0.2, -0.15) is 0 Å². The summed E-state index contributed by atoms with van der Waals surface area (Å²) >= 11 is 0. The fourth-order valence-corrected chi connectivity index (χ4v) is 4.22. The Kier molecular flexibility index (Phi) is 7.29. The van der Waals surface area contributed by atoms with Crippen molar-refractivity contribution in [3.05, 3.63) is 59.2 Å². The predicted molar refractivity (Wildman–Crippen MR) is 119 cm³/mol. The molecule has 0 atom stereocenters. The van der Waals surface area contributed by atoms with Crippen LogP contribution in [0.1, 0.15) is 52.0 Å². The van der Waals surface area contributed by atoms with Crippen LogP contribution in [0.4, 0.5) is 5.69 Å². The molecule has 2 amide bonds. The van der Waals surface area contributed by atoms with Gasteiger partial charge in [-0.05, 0) is 49.6 Å². The van der Waals surface area contributed by atoms with Crippen molar-refractivity contribution in [2.45, 2.75) is 43.5 Å². The third-order valence-corrected chi connectivity index (χ3v) is 6.44. The zero-order chi connectivity index (χ0) is 23.3. The molecule has 0 aliphatic heterocycles. The van der Waals surface area contributed by atoms with Crippen LogP contribution in [0.25, 0.3) is 0 Å². The van der Waals surface area contributed by atoms with E-state index >= 15 is 0 Å². The van der Waals surface area contributed by atoms with Gasteiger partial charge in [-0.25, -0.2) is 13.2 Å². The van der Waals surface area contributed by atoms with Crippen LogP contribution in [0.2, 0.25) is 0 Å². The number of nitrogens with one attached hydrogen (secondary N) is 2. The molecule has 2 aromatic carbocycles. The zero-order valence-corrected chi connectivity index (χ0v) is 18.8. The van der Waals surface area contributed by atoms with Crippen LogP contribution < -0.4 is 10.6 Å². The van der Waals surface area contributed by atoms with Crippen LogP contribution in [0, 0.1) is 6.92 Å². The van der Waals surface area contributed by atoms with E-state index in [2.05, 4.69) is 10.6 Å². The van der Waals surface area contributed by atoms with Crippen LogP contribution in [-0.2, 0) is 19.4 Å². The molecular formula is C23H26N2O6S. The summed E-state index contributed by atoms with van der Waals surface area (Å²) in [6.07, 6.45) is 5.09. The number of rotatable bonds is 7. The largest absolute Gasteiger partial charge is 0.452 e. The number of esters is 1. The number of hydrogen-bond donors (Lipinski definition) is 2. The van der Waals surface area contributed by atoms with E-state index in [9.17, 15) is 22.8 Å². The normalized spacial score (nSPS) is 14.1.